The van der Waals surface area contributed by atoms with Gasteiger partial charge >= 0.3 is 0 Å². The van der Waals surface area contributed by atoms with Crippen molar-refractivity contribution in [3.05, 3.63) is 36.5 Å². The van der Waals surface area contributed by atoms with E-state index in [9.17, 15) is 0 Å². The Labute approximate surface area is 151 Å². The second-order valence-electron chi connectivity index (χ2n) is 6.50. The quantitative estimate of drug-likeness (QED) is 0.479. The van der Waals surface area contributed by atoms with E-state index >= 15 is 0 Å². The van der Waals surface area contributed by atoms with E-state index in [4.69, 9.17) is 11.6 Å². The smallest absolute Gasteiger partial charge is 0.222 e. The Morgan fingerprint density at radius 1 is 1.00 bits per heavy atom. The summed E-state index contributed by atoms with van der Waals surface area (Å²) in [6.45, 7) is 4.13. The predicted molar refractivity (Wildman–Crippen MR) is 105 cm³/mol. The van der Waals surface area contributed by atoms with Gasteiger partial charge in [0.15, 0.2) is 5.82 Å². The molecule has 26 heavy (non-hydrogen) atoms. The monoisotopic (exact) mass is 350 g/mol. The molecule has 1 fully saturated rings. The topological polar surface area (TPSA) is 109 Å². The van der Waals surface area contributed by atoms with Gasteiger partial charge in [0, 0.05) is 43.3 Å². The molecule has 0 radical (unpaired) electrons. The van der Waals surface area contributed by atoms with E-state index in [0.29, 0.717) is 5.82 Å². The number of rotatable bonds is 3. The van der Waals surface area contributed by atoms with Crippen molar-refractivity contribution in [1.82, 2.24) is 19.9 Å². The number of fused-ring (bicyclic) bond motifs is 1. The first-order chi connectivity index (χ1) is 12.6. The summed E-state index contributed by atoms with van der Waals surface area (Å²) in [6, 6.07) is 10.1. The molecule has 5 N–H and O–H groups in total. The van der Waals surface area contributed by atoms with Crippen molar-refractivity contribution in [1.29, 1.82) is 0 Å². The fraction of sp³-hybridized carbons (Fsp3) is 0.278. The van der Waals surface area contributed by atoms with Crippen LogP contribution >= 0.6 is 0 Å². The molecule has 2 aromatic heterocycles. The molecular formula is C18H22N8. The molecule has 134 valence electrons. The highest BCUT2D eigenvalue weighted by atomic mass is 15.3. The SMILES string of the molecule is CN1CCN(c2ccc(-c3ccc4nc(N)nc(NN)c4c3)cn2)CC1. The number of hydrogen-bond donors (Lipinski definition) is 3. The van der Waals surface area contributed by atoms with Gasteiger partial charge in [-0.2, -0.15) is 4.98 Å². The summed E-state index contributed by atoms with van der Waals surface area (Å²) in [5, 5.41) is 0.822. The first kappa shape index (κ1) is 16.5. The van der Waals surface area contributed by atoms with Crippen LogP contribution in [0.2, 0.25) is 0 Å². The lowest BCUT2D eigenvalue weighted by Crippen LogP contribution is -2.44. The second kappa shape index (κ2) is 6.74. The zero-order valence-corrected chi connectivity index (χ0v) is 14.7. The van der Waals surface area contributed by atoms with Crippen molar-refractivity contribution in [2.24, 2.45) is 5.84 Å². The average molecular weight is 350 g/mol. The Balaban J connectivity index is 1.64. The number of nitrogen functional groups attached to an aromatic ring is 2. The first-order valence-electron chi connectivity index (χ1n) is 8.58. The van der Waals surface area contributed by atoms with Crippen LogP contribution in [-0.4, -0.2) is 53.1 Å². The number of anilines is 3. The lowest BCUT2D eigenvalue weighted by molar-refractivity contribution is 0.312. The second-order valence-corrected chi connectivity index (χ2v) is 6.50. The molecule has 0 aliphatic carbocycles. The Bertz CT molecular complexity index is 916. The highest BCUT2D eigenvalue weighted by Crippen LogP contribution is 2.28. The van der Waals surface area contributed by atoms with Crippen LogP contribution < -0.4 is 21.9 Å². The Kier molecular flexibility index (Phi) is 4.27. The molecule has 0 atom stereocenters. The largest absolute Gasteiger partial charge is 0.368 e. The standard InChI is InChI=1S/C18H22N8/c1-25-6-8-26(9-7-25)16-5-3-13(11-21-16)12-2-4-15-14(10-12)17(24-20)23-18(19)22-15/h2-5,10-11H,6-9,20H2,1H3,(H3,19,22,23,24). The third kappa shape index (κ3) is 3.12. The molecule has 3 heterocycles. The molecule has 1 saturated heterocycles. The van der Waals surface area contributed by atoms with Gasteiger partial charge in [-0.15, -0.1) is 0 Å². The molecule has 1 aromatic carbocycles. The van der Waals surface area contributed by atoms with Crippen molar-refractivity contribution in [3.8, 4) is 11.1 Å². The Hall–Kier alpha value is -2.97. The minimum absolute atomic E-state index is 0.191. The summed E-state index contributed by atoms with van der Waals surface area (Å²) in [5.41, 5.74) is 11.1. The minimum atomic E-state index is 0.191. The predicted octanol–water partition coefficient (Wildman–Crippen LogP) is 1.31. The van der Waals surface area contributed by atoms with Crippen LogP contribution in [0, 0.1) is 0 Å². The summed E-state index contributed by atoms with van der Waals surface area (Å²) >= 11 is 0. The lowest BCUT2D eigenvalue weighted by Gasteiger charge is -2.33. The minimum Gasteiger partial charge on any atom is -0.368 e. The molecule has 1 aliphatic heterocycles. The van der Waals surface area contributed by atoms with E-state index in [2.05, 4.69) is 49.4 Å². The zero-order valence-electron chi connectivity index (χ0n) is 14.7. The first-order valence-corrected chi connectivity index (χ1v) is 8.58. The van der Waals surface area contributed by atoms with Gasteiger partial charge < -0.3 is 21.0 Å². The molecule has 4 rings (SSSR count). The highest BCUT2D eigenvalue weighted by molar-refractivity contribution is 5.93. The number of pyridine rings is 1. The number of nitrogens with one attached hydrogen (secondary N) is 1. The normalized spacial score (nSPS) is 15.4. The van der Waals surface area contributed by atoms with Gasteiger partial charge in [-0.3, -0.25) is 0 Å². The molecule has 0 unspecified atom stereocenters. The highest BCUT2D eigenvalue weighted by Gasteiger charge is 2.15. The van der Waals surface area contributed by atoms with E-state index in [1.165, 1.54) is 0 Å². The molecule has 0 saturated carbocycles. The summed E-state index contributed by atoms with van der Waals surface area (Å²) in [6.07, 6.45) is 1.91. The molecule has 8 nitrogen and oxygen atoms in total. The van der Waals surface area contributed by atoms with Crippen LogP contribution in [0.25, 0.3) is 22.0 Å². The van der Waals surface area contributed by atoms with Gasteiger partial charge in [-0.05, 0) is 36.9 Å². The third-order valence-corrected chi connectivity index (χ3v) is 4.76. The molecule has 0 bridgehead atoms. The number of benzene rings is 1. The van der Waals surface area contributed by atoms with E-state index in [1.54, 1.807) is 0 Å². The van der Waals surface area contributed by atoms with Crippen molar-refractivity contribution in [2.75, 3.05) is 49.3 Å². The Morgan fingerprint density at radius 3 is 2.46 bits per heavy atom. The van der Waals surface area contributed by atoms with Crippen LogP contribution in [-0.2, 0) is 0 Å². The van der Waals surface area contributed by atoms with E-state index in [1.807, 2.05) is 24.4 Å². The summed E-state index contributed by atoms with van der Waals surface area (Å²) in [7, 11) is 2.15. The van der Waals surface area contributed by atoms with Gasteiger partial charge in [0.1, 0.15) is 5.82 Å². The van der Waals surface area contributed by atoms with Crippen LogP contribution in [0.3, 0.4) is 0 Å². The number of hydrogen-bond acceptors (Lipinski definition) is 8. The molecule has 3 aromatic rings. The van der Waals surface area contributed by atoms with Crippen molar-refractivity contribution < 1.29 is 0 Å². The summed E-state index contributed by atoms with van der Waals surface area (Å²) in [5.74, 6) is 7.29. The molecule has 0 amide bonds. The summed E-state index contributed by atoms with van der Waals surface area (Å²) in [4.78, 5) is 17.7. The number of hydrazine groups is 1. The van der Waals surface area contributed by atoms with E-state index < -0.39 is 0 Å². The number of piperazine rings is 1. The van der Waals surface area contributed by atoms with E-state index in [0.717, 1.165) is 54.0 Å². The summed E-state index contributed by atoms with van der Waals surface area (Å²) < 4.78 is 0. The van der Waals surface area contributed by atoms with E-state index in [-0.39, 0.29) is 5.95 Å². The number of aromatic nitrogens is 3. The molecular weight excluding hydrogens is 328 g/mol. The third-order valence-electron chi connectivity index (χ3n) is 4.76. The van der Waals surface area contributed by atoms with Gasteiger partial charge in [0.2, 0.25) is 5.95 Å². The Morgan fingerprint density at radius 2 is 1.77 bits per heavy atom. The number of likely N-dealkylation sites (N-methyl/N-ethyl adjacent to an activating group) is 1. The van der Waals surface area contributed by atoms with Crippen LogP contribution in [0.15, 0.2) is 36.5 Å². The van der Waals surface area contributed by atoms with Gasteiger partial charge in [0.05, 0.1) is 5.52 Å². The maximum Gasteiger partial charge on any atom is 0.222 e. The molecule has 1 aliphatic rings. The van der Waals surface area contributed by atoms with Crippen LogP contribution in [0.5, 0.6) is 0 Å². The fourth-order valence-corrected chi connectivity index (χ4v) is 3.22. The number of nitrogens with zero attached hydrogens (tertiary/aromatic N) is 5. The fourth-order valence-electron chi connectivity index (χ4n) is 3.22. The maximum absolute atomic E-state index is 5.71. The van der Waals surface area contributed by atoms with Crippen molar-refractivity contribution in [3.63, 3.8) is 0 Å². The molecule has 8 heteroatoms. The molecule has 0 spiro atoms. The maximum atomic E-state index is 5.71. The van der Waals surface area contributed by atoms with Crippen molar-refractivity contribution in [2.45, 2.75) is 0 Å². The number of nitrogens with two attached hydrogens (primary N) is 2. The van der Waals surface area contributed by atoms with Gasteiger partial charge in [0.25, 0.3) is 0 Å². The van der Waals surface area contributed by atoms with Gasteiger partial charge in [-0.25, -0.2) is 15.8 Å². The van der Waals surface area contributed by atoms with Crippen LogP contribution in [0.1, 0.15) is 0 Å². The lowest BCUT2D eigenvalue weighted by atomic mass is 10.1. The average Bonchev–Trinajstić information content (AvgIpc) is 2.68. The van der Waals surface area contributed by atoms with Crippen LogP contribution in [0.4, 0.5) is 17.6 Å². The van der Waals surface area contributed by atoms with Crippen molar-refractivity contribution >= 4 is 28.5 Å². The zero-order chi connectivity index (χ0) is 18.1. The van der Waals surface area contributed by atoms with Gasteiger partial charge in [-0.1, -0.05) is 6.07 Å².